The molecule has 1 saturated carbocycles. The van der Waals surface area contributed by atoms with Crippen molar-refractivity contribution in [1.29, 1.82) is 0 Å². The fraction of sp³-hybridized carbons (Fsp3) is 0.533. The number of hydrogen-bond acceptors (Lipinski definition) is 1. The molecule has 1 aromatic rings. The number of amides is 1. The minimum atomic E-state index is 0.109. The standard InChI is InChI=1S/C15H19BrClNO/c1-10(2)7-8-18(12-4-5-12)15(19)11-3-6-13(16)14(17)9-11/h3,6,9-10,12H,4-5,7-8H2,1-2H3. The number of halogens is 2. The van der Waals surface area contributed by atoms with E-state index in [1.54, 1.807) is 6.07 Å². The van der Waals surface area contributed by atoms with Crippen LogP contribution >= 0.6 is 27.5 Å². The predicted octanol–water partition coefficient (Wildman–Crippen LogP) is 4.75. The monoisotopic (exact) mass is 343 g/mol. The first-order valence-corrected chi connectivity index (χ1v) is 7.92. The molecule has 0 bridgehead atoms. The molecule has 2 rings (SSSR count). The van der Waals surface area contributed by atoms with Crippen LogP contribution in [0.1, 0.15) is 43.5 Å². The van der Waals surface area contributed by atoms with Crippen molar-refractivity contribution in [3.8, 4) is 0 Å². The molecule has 1 aliphatic carbocycles. The molecular weight excluding hydrogens is 326 g/mol. The van der Waals surface area contributed by atoms with E-state index in [1.807, 2.05) is 17.0 Å². The van der Waals surface area contributed by atoms with Crippen LogP contribution in [0, 0.1) is 5.92 Å². The number of carbonyl (C=O) groups is 1. The molecule has 19 heavy (non-hydrogen) atoms. The summed E-state index contributed by atoms with van der Waals surface area (Å²) in [4.78, 5) is 14.6. The van der Waals surface area contributed by atoms with Gasteiger partial charge in [0.1, 0.15) is 0 Å². The molecular formula is C15H19BrClNO. The van der Waals surface area contributed by atoms with E-state index in [9.17, 15) is 4.79 Å². The molecule has 0 aromatic heterocycles. The molecule has 0 saturated heterocycles. The van der Waals surface area contributed by atoms with Crippen LogP contribution in [0.25, 0.3) is 0 Å². The zero-order valence-electron chi connectivity index (χ0n) is 11.3. The Morgan fingerprint density at radius 2 is 2.16 bits per heavy atom. The highest BCUT2D eigenvalue weighted by Crippen LogP contribution is 2.30. The third kappa shape index (κ3) is 3.96. The van der Waals surface area contributed by atoms with Crippen molar-refractivity contribution >= 4 is 33.4 Å². The second kappa shape index (κ2) is 6.27. The quantitative estimate of drug-likeness (QED) is 0.754. The second-order valence-electron chi connectivity index (χ2n) is 5.54. The van der Waals surface area contributed by atoms with E-state index in [-0.39, 0.29) is 5.91 Å². The van der Waals surface area contributed by atoms with Gasteiger partial charge in [-0.2, -0.15) is 0 Å². The average Bonchev–Trinajstić information content (AvgIpc) is 3.16. The van der Waals surface area contributed by atoms with E-state index < -0.39 is 0 Å². The number of carbonyl (C=O) groups excluding carboxylic acids is 1. The maximum atomic E-state index is 12.6. The first-order chi connectivity index (χ1) is 8.99. The van der Waals surface area contributed by atoms with E-state index in [1.165, 1.54) is 0 Å². The number of rotatable bonds is 5. The molecule has 1 aromatic carbocycles. The smallest absolute Gasteiger partial charge is 0.254 e. The Balaban J connectivity index is 2.12. The molecule has 0 aliphatic heterocycles. The summed E-state index contributed by atoms with van der Waals surface area (Å²) < 4.78 is 0.825. The van der Waals surface area contributed by atoms with E-state index >= 15 is 0 Å². The summed E-state index contributed by atoms with van der Waals surface area (Å²) in [5.41, 5.74) is 0.684. The molecule has 1 amide bonds. The first-order valence-electron chi connectivity index (χ1n) is 6.75. The van der Waals surface area contributed by atoms with Crippen LogP contribution in [-0.4, -0.2) is 23.4 Å². The van der Waals surface area contributed by atoms with Crippen LogP contribution in [0.5, 0.6) is 0 Å². The van der Waals surface area contributed by atoms with Gasteiger partial charge in [-0.15, -0.1) is 0 Å². The Hall–Kier alpha value is -0.540. The van der Waals surface area contributed by atoms with Crippen molar-refractivity contribution in [3.05, 3.63) is 33.3 Å². The van der Waals surface area contributed by atoms with E-state index in [4.69, 9.17) is 11.6 Å². The Morgan fingerprint density at radius 1 is 1.47 bits per heavy atom. The van der Waals surface area contributed by atoms with Crippen molar-refractivity contribution < 1.29 is 4.79 Å². The van der Waals surface area contributed by atoms with Crippen LogP contribution in [-0.2, 0) is 0 Å². The molecule has 4 heteroatoms. The van der Waals surface area contributed by atoms with Gasteiger partial charge in [0.2, 0.25) is 0 Å². The lowest BCUT2D eigenvalue weighted by Crippen LogP contribution is -2.34. The van der Waals surface area contributed by atoms with Gasteiger partial charge in [-0.1, -0.05) is 25.4 Å². The minimum Gasteiger partial charge on any atom is -0.336 e. The van der Waals surface area contributed by atoms with Crippen molar-refractivity contribution in [3.63, 3.8) is 0 Å². The Bertz CT molecular complexity index is 471. The van der Waals surface area contributed by atoms with Crippen LogP contribution in [0.4, 0.5) is 0 Å². The maximum Gasteiger partial charge on any atom is 0.254 e. The summed E-state index contributed by atoms with van der Waals surface area (Å²) in [6, 6.07) is 5.86. The zero-order chi connectivity index (χ0) is 14.0. The Kier molecular flexibility index (Phi) is 4.91. The molecule has 0 N–H and O–H groups in total. The van der Waals surface area contributed by atoms with Crippen LogP contribution < -0.4 is 0 Å². The molecule has 0 spiro atoms. The van der Waals surface area contributed by atoms with E-state index in [0.717, 1.165) is 30.3 Å². The lowest BCUT2D eigenvalue weighted by Gasteiger charge is -2.23. The largest absolute Gasteiger partial charge is 0.336 e. The van der Waals surface area contributed by atoms with Crippen molar-refractivity contribution in [2.75, 3.05) is 6.54 Å². The van der Waals surface area contributed by atoms with Gasteiger partial charge in [0.15, 0.2) is 0 Å². The average molecular weight is 345 g/mol. The van der Waals surface area contributed by atoms with Crippen molar-refractivity contribution in [2.24, 2.45) is 5.92 Å². The summed E-state index contributed by atoms with van der Waals surface area (Å²) in [6.45, 7) is 5.22. The van der Waals surface area contributed by atoms with Crippen LogP contribution in [0.15, 0.2) is 22.7 Å². The SMILES string of the molecule is CC(C)CCN(C(=O)c1ccc(Br)c(Cl)c1)C1CC1. The molecule has 2 nitrogen and oxygen atoms in total. The lowest BCUT2D eigenvalue weighted by atomic mass is 10.1. The third-order valence-corrected chi connectivity index (χ3v) is 4.59. The van der Waals surface area contributed by atoms with Gasteiger partial charge in [0.05, 0.1) is 5.02 Å². The van der Waals surface area contributed by atoms with Gasteiger partial charge in [0.25, 0.3) is 5.91 Å². The molecule has 0 radical (unpaired) electrons. The normalized spacial score (nSPS) is 14.8. The summed E-state index contributed by atoms with van der Waals surface area (Å²) in [6.07, 6.45) is 3.31. The van der Waals surface area contributed by atoms with Crippen LogP contribution in [0.3, 0.4) is 0 Å². The highest BCUT2D eigenvalue weighted by molar-refractivity contribution is 9.10. The van der Waals surface area contributed by atoms with Gasteiger partial charge in [-0.05, 0) is 59.3 Å². The predicted molar refractivity (Wildman–Crippen MR) is 82.7 cm³/mol. The molecule has 0 atom stereocenters. The van der Waals surface area contributed by atoms with Crippen molar-refractivity contribution in [2.45, 2.75) is 39.2 Å². The molecule has 0 heterocycles. The van der Waals surface area contributed by atoms with Gasteiger partial charge in [-0.25, -0.2) is 0 Å². The fourth-order valence-corrected chi connectivity index (χ4v) is 2.46. The summed E-state index contributed by atoms with van der Waals surface area (Å²) in [5.74, 6) is 0.722. The molecule has 1 aliphatic rings. The van der Waals surface area contributed by atoms with E-state index in [2.05, 4.69) is 29.8 Å². The maximum absolute atomic E-state index is 12.6. The Morgan fingerprint density at radius 3 is 2.68 bits per heavy atom. The van der Waals surface area contributed by atoms with Crippen LogP contribution in [0.2, 0.25) is 5.02 Å². The van der Waals surface area contributed by atoms with Gasteiger partial charge >= 0.3 is 0 Å². The molecule has 1 fully saturated rings. The fourth-order valence-electron chi connectivity index (χ4n) is 2.03. The summed E-state index contributed by atoms with van der Waals surface area (Å²) in [7, 11) is 0. The highest BCUT2D eigenvalue weighted by atomic mass is 79.9. The van der Waals surface area contributed by atoms with Crippen molar-refractivity contribution in [1.82, 2.24) is 4.90 Å². The summed E-state index contributed by atoms with van der Waals surface area (Å²) in [5, 5.41) is 0.588. The number of nitrogens with zero attached hydrogens (tertiary/aromatic N) is 1. The zero-order valence-corrected chi connectivity index (χ0v) is 13.7. The minimum absolute atomic E-state index is 0.109. The van der Waals surface area contributed by atoms with Gasteiger partial charge < -0.3 is 4.90 Å². The number of benzene rings is 1. The topological polar surface area (TPSA) is 20.3 Å². The highest BCUT2D eigenvalue weighted by Gasteiger charge is 2.32. The molecule has 104 valence electrons. The van der Waals surface area contributed by atoms with E-state index in [0.29, 0.717) is 22.5 Å². The molecule has 0 unspecified atom stereocenters. The first kappa shape index (κ1) is 14.9. The second-order valence-corrected chi connectivity index (χ2v) is 6.80. The summed E-state index contributed by atoms with van der Waals surface area (Å²) >= 11 is 9.42. The lowest BCUT2D eigenvalue weighted by molar-refractivity contribution is 0.0735. The van der Waals surface area contributed by atoms with Gasteiger partial charge in [0, 0.05) is 22.6 Å². The van der Waals surface area contributed by atoms with Gasteiger partial charge in [-0.3, -0.25) is 4.79 Å². The number of hydrogen-bond donors (Lipinski definition) is 0. The Labute approximate surface area is 128 Å². The third-order valence-electron chi connectivity index (χ3n) is 3.36.